The maximum absolute atomic E-state index is 14.0. The summed E-state index contributed by atoms with van der Waals surface area (Å²) in [5.74, 6) is -2.08. The lowest BCUT2D eigenvalue weighted by atomic mass is 9.97. The summed E-state index contributed by atoms with van der Waals surface area (Å²) in [7, 11) is 0. The third kappa shape index (κ3) is 2.64. The summed E-state index contributed by atoms with van der Waals surface area (Å²) < 4.78 is 59.4. The summed E-state index contributed by atoms with van der Waals surface area (Å²) in [6, 6.07) is 2.25. The van der Waals surface area contributed by atoms with Crippen molar-refractivity contribution in [3.63, 3.8) is 0 Å². The van der Waals surface area contributed by atoms with Gasteiger partial charge in [0.05, 0.1) is 6.04 Å². The molecular weight excluding hydrogens is 302 g/mol. The first-order chi connectivity index (χ1) is 8.96. The van der Waals surface area contributed by atoms with E-state index >= 15 is 0 Å². The number of alkyl halides is 3. The molecule has 0 radical (unpaired) electrons. The Morgan fingerprint density at radius 2 is 2.05 bits per heavy atom. The van der Waals surface area contributed by atoms with E-state index in [1.54, 1.807) is 0 Å². The van der Waals surface area contributed by atoms with E-state index in [4.69, 9.17) is 4.74 Å². The molecule has 20 heavy (non-hydrogen) atoms. The topological polar surface area (TPSA) is 30.5 Å². The first kappa shape index (κ1) is 15.2. The Hall–Kier alpha value is -1.21. The maximum Gasteiger partial charge on any atom is 0.573 e. The minimum Gasteiger partial charge on any atom is -0.485 e. The number of nitrogens with one attached hydrogen (secondary N) is 1. The quantitative estimate of drug-likeness (QED) is 0.807. The van der Waals surface area contributed by atoms with Crippen molar-refractivity contribution in [2.45, 2.75) is 31.3 Å². The molecule has 8 heteroatoms. The highest BCUT2D eigenvalue weighted by Crippen LogP contribution is 2.44. The van der Waals surface area contributed by atoms with Crippen LogP contribution in [0.2, 0.25) is 0 Å². The average Bonchev–Trinajstić information content (AvgIpc) is 2.71. The Morgan fingerprint density at radius 3 is 2.75 bits per heavy atom. The lowest BCUT2D eigenvalue weighted by Gasteiger charge is -2.25. The summed E-state index contributed by atoms with van der Waals surface area (Å²) >= 11 is 0. The third-order valence-electron chi connectivity index (χ3n) is 3.32. The number of halogens is 5. The molecule has 112 valence electrons. The van der Waals surface area contributed by atoms with Crippen molar-refractivity contribution >= 4 is 12.4 Å². The van der Waals surface area contributed by atoms with Gasteiger partial charge in [-0.15, -0.1) is 25.6 Å². The van der Waals surface area contributed by atoms with E-state index in [0.717, 1.165) is 25.5 Å². The van der Waals surface area contributed by atoms with Gasteiger partial charge in [-0.3, -0.25) is 0 Å². The first-order valence-electron chi connectivity index (χ1n) is 5.94. The predicted molar refractivity (Wildman–Crippen MR) is 64.7 cm³/mol. The average molecular weight is 314 g/mol. The molecular formula is C12H12ClF4NO2. The van der Waals surface area contributed by atoms with Crippen LogP contribution in [0.3, 0.4) is 0 Å². The number of rotatable bonds is 1. The van der Waals surface area contributed by atoms with Gasteiger partial charge < -0.3 is 14.8 Å². The minimum absolute atomic E-state index is 0. The van der Waals surface area contributed by atoms with Crippen molar-refractivity contribution in [3.8, 4) is 11.5 Å². The Bertz CT molecular complexity index is 509. The van der Waals surface area contributed by atoms with Gasteiger partial charge in [-0.2, -0.15) is 4.39 Å². The smallest absolute Gasteiger partial charge is 0.485 e. The highest BCUT2D eigenvalue weighted by molar-refractivity contribution is 5.85. The summed E-state index contributed by atoms with van der Waals surface area (Å²) in [5, 5.41) is 3.18. The van der Waals surface area contributed by atoms with Crippen molar-refractivity contribution < 1.29 is 27.0 Å². The zero-order valence-corrected chi connectivity index (χ0v) is 11.0. The van der Waals surface area contributed by atoms with E-state index in [-0.39, 0.29) is 30.3 Å². The SMILES string of the molecule is Cl.Fc1c(OC(F)(F)F)ccc2c1O[C@H]1CCCN[C@@H]21. The van der Waals surface area contributed by atoms with Gasteiger partial charge in [0.25, 0.3) is 0 Å². The van der Waals surface area contributed by atoms with Gasteiger partial charge in [0.15, 0.2) is 11.5 Å². The number of hydrogen-bond acceptors (Lipinski definition) is 3. The van der Waals surface area contributed by atoms with E-state index in [2.05, 4.69) is 10.1 Å². The zero-order chi connectivity index (χ0) is 13.6. The van der Waals surface area contributed by atoms with Crippen LogP contribution in [-0.2, 0) is 0 Å². The Kier molecular flexibility index (Phi) is 4.02. The molecule has 1 aromatic rings. The summed E-state index contributed by atoms with van der Waals surface area (Å²) in [6.07, 6.45) is -3.50. The number of piperidine rings is 1. The van der Waals surface area contributed by atoms with E-state index in [0.29, 0.717) is 5.56 Å². The van der Waals surface area contributed by atoms with Crippen LogP contribution in [0.1, 0.15) is 24.4 Å². The molecule has 0 bridgehead atoms. The second-order valence-corrected chi connectivity index (χ2v) is 4.57. The normalized spacial score (nSPS) is 24.2. The molecule has 2 atom stereocenters. The Balaban J connectivity index is 0.00000147. The fourth-order valence-corrected chi connectivity index (χ4v) is 2.57. The van der Waals surface area contributed by atoms with Gasteiger partial charge in [0, 0.05) is 5.56 Å². The summed E-state index contributed by atoms with van der Waals surface area (Å²) in [6.45, 7) is 0.784. The van der Waals surface area contributed by atoms with Crippen LogP contribution in [0.25, 0.3) is 0 Å². The van der Waals surface area contributed by atoms with Crippen molar-refractivity contribution in [1.82, 2.24) is 5.32 Å². The van der Waals surface area contributed by atoms with Gasteiger partial charge in [0.1, 0.15) is 6.10 Å². The number of fused-ring (bicyclic) bond motifs is 3. The molecule has 0 aliphatic carbocycles. The molecule has 3 rings (SSSR count). The Morgan fingerprint density at radius 1 is 1.30 bits per heavy atom. The van der Waals surface area contributed by atoms with Crippen LogP contribution in [0.15, 0.2) is 12.1 Å². The lowest BCUT2D eigenvalue weighted by molar-refractivity contribution is -0.275. The molecule has 1 fully saturated rings. The van der Waals surface area contributed by atoms with Crippen molar-refractivity contribution in [2.75, 3.05) is 6.54 Å². The van der Waals surface area contributed by atoms with E-state index in [1.807, 2.05) is 0 Å². The van der Waals surface area contributed by atoms with Crippen LogP contribution < -0.4 is 14.8 Å². The molecule has 0 aromatic heterocycles. The van der Waals surface area contributed by atoms with Gasteiger partial charge in [0.2, 0.25) is 5.82 Å². The second-order valence-electron chi connectivity index (χ2n) is 4.57. The lowest BCUT2D eigenvalue weighted by Crippen LogP contribution is -2.36. The zero-order valence-electron chi connectivity index (χ0n) is 10.2. The standard InChI is InChI=1S/C12H11F4NO2.ClH/c13-9-7(19-12(14,15)16)4-3-6-10-8(18-11(6)9)2-1-5-17-10;/h3-4,8,10,17H,1-2,5H2;1H/t8-,10-;/m0./s1. The monoisotopic (exact) mass is 313 g/mol. The largest absolute Gasteiger partial charge is 0.573 e. The third-order valence-corrected chi connectivity index (χ3v) is 3.32. The fraction of sp³-hybridized carbons (Fsp3) is 0.500. The van der Waals surface area contributed by atoms with E-state index < -0.39 is 17.9 Å². The molecule has 1 saturated heterocycles. The predicted octanol–water partition coefficient (Wildman–Crippen LogP) is 3.33. The molecule has 3 nitrogen and oxygen atoms in total. The molecule has 0 unspecified atom stereocenters. The highest BCUT2D eigenvalue weighted by Gasteiger charge is 2.40. The minimum atomic E-state index is -4.92. The van der Waals surface area contributed by atoms with Crippen molar-refractivity contribution in [3.05, 3.63) is 23.5 Å². The number of hydrogen-bond donors (Lipinski definition) is 1. The van der Waals surface area contributed by atoms with Gasteiger partial charge in [-0.05, 0) is 31.5 Å². The Labute approximate surface area is 118 Å². The van der Waals surface area contributed by atoms with Crippen LogP contribution in [-0.4, -0.2) is 19.0 Å². The van der Waals surface area contributed by atoms with Gasteiger partial charge >= 0.3 is 6.36 Å². The molecule has 2 aliphatic heterocycles. The number of ether oxygens (including phenoxy) is 2. The van der Waals surface area contributed by atoms with Gasteiger partial charge in [-0.25, -0.2) is 0 Å². The highest BCUT2D eigenvalue weighted by atomic mass is 35.5. The molecule has 0 saturated carbocycles. The van der Waals surface area contributed by atoms with Crippen LogP contribution in [0.4, 0.5) is 17.6 Å². The molecule has 1 N–H and O–H groups in total. The summed E-state index contributed by atoms with van der Waals surface area (Å²) in [4.78, 5) is 0. The van der Waals surface area contributed by atoms with Crippen LogP contribution in [0.5, 0.6) is 11.5 Å². The molecule has 0 spiro atoms. The first-order valence-corrected chi connectivity index (χ1v) is 5.94. The summed E-state index contributed by atoms with van der Waals surface area (Å²) in [5.41, 5.74) is 0.553. The van der Waals surface area contributed by atoms with Crippen LogP contribution in [0, 0.1) is 5.82 Å². The van der Waals surface area contributed by atoms with E-state index in [9.17, 15) is 17.6 Å². The van der Waals surface area contributed by atoms with Gasteiger partial charge in [-0.1, -0.05) is 0 Å². The van der Waals surface area contributed by atoms with Crippen molar-refractivity contribution in [2.24, 2.45) is 0 Å². The maximum atomic E-state index is 14.0. The molecule has 1 aromatic carbocycles. The fourth-order valence-electron chi connectivity index (χ4n) is 2.57. The van der Waals surface area contributed by atoms with Crippen molar-refractivity contribution in [1.29, 1.82) is 0 Å². The molecule has 0 amide bonds. The van der Waals surface area contributed by atoms with Crippen LogP contribution >= 0.6 is 12.4 Å². The number of benzene rings is 1. The van der Waals surface area contributed by atoms with E-state index in [1.165, 1.54) is 6.07 Å². The molecule has 2 aliphatic rings. The second kappa shape index (κ2) is 5.29. The molecule has 2 heterocycles.